The van der Waals surface area contributed by atoms with Crippen molar-refractivity contribution < 1.29 is 0 Å². The Kier molecular flexibility index (Phi) is 15.5. The van der Waals surface area contributed by atoms with E-state index in [1.807, 2.05) is 0 Å². The third-order valence-corrected chi connectivity index (χ3v) is 5.30. The van der Waals surface area contributed by atoms with Crippen LogP contribution in [0.2, 0.25) is 0 Å². The number of unbranched alkanes of at least 4 members (excludes halogenated alkanes) is 15. The summed E-state index contributed by atoms with van der Waals surface area (Å²) in [5.74, 6) is 0. The Labute approximate surface area is 152 Å². The van der Waals surface area contributed by atoms with Crippen LogP contribution in [0.15, 0.2) is 23.8 Å². The maximum absolute atomic E-state index is 5.51. The Balaban J connectivity index is 1.65. The molecule has 0 aromatic rings. The lowest BCUT2D eigenvalue weighted by molar-refractivity contribution is 0.528. The van der Waals surface area contributed by atoms with E-state index in [0.29, 0.717) is 0 Å². The van der Waals surface area contributed by atoms with Crippen molar-refractivity contribution in [2.75, 3.05) is 6.54 Å². The molecule has 0 amide bonds. The van der Waals surface area contributed by atoms with Crippen LogP contribution in [-0.4, -0.2) is 6.54 Å². The molecule has 0 saturated heterocycles. The summed E-state index contributed by atoms with van der Waals surface area (Å²) in [4.78, 5) is 0. The summed E-state index contributed by atoms with van der Waals surface area (Å²) >= 11 is 0. The Bertz CT molecular complexity index is 316. The SMILES string of the molecule is NCCCCCCCCCCCCCCCCCCC1=CC=CC1. The highest BCUT2D eigenvalue weighted by Gasteiger charge is 1.99. The average Bonchev–Trinajstić information content (AvgIpc) is 3.11. The monoisotopic (exact) mass is 333 g/mol. The Morgan fingerprint density at radius 1 is 0.583 bits per heavy atom. The van der Waals surface area contributed by atoms with Crippen LogP contribution in [-0.2, 0) is 0 Å². The maximum atomic E-state index is 5.51. The molecule has 1 aliphatic rings. The van der Waals surface area contributed by atoms with Gasteiger partial charge in [-0.15, -0.1) is 0 Å². The quantitative estimate of drug-likeness (QED) is 0.259. The second-order valence-corrected chi connectivity index (χ2v) is 7.65. The van der Waals surface area contributed by atoms with E-state index in [1.54, 1.807) is 5.57 Å². The van der Waals surface area contributed by atoms with Crippen LogP contribution in [0.25, 0.3) is 0 Å². The summed E-state index contributed by atoms with van der Waals surface area (Å²) in [5.41, 5.74) is 7.15. The third-order valence-electron chi connectivity index (χ3n) is 5.30. The Hall–Kier alpha value is -0.560. The topological polar surface area (TPSA) is 26.0 Å². The van der Waals surface area contributed by atoms with Gasteiger partial charge in [0.05, 0.1) is 0 Å². The Morgan fingerprint density at radius 2 is 1.00 bits per heavy atom. The zero-order valence-corrected chi connectivity index (χ0v) is 16.2. The highest BCUT2D eigenvalue weighted by atomic mass is 14.5. The fraction of sp³-hybridized carbons (Fsp3) is 0.826. The lowest BCUT2D eigenvalue weighted by Gasteiger charge is -2.04. The number of hydrogen-bond acceptors (Lipinski definition) is 1. The van der Waals surface area contributed by atoms with Gasteiger partial charge in [-0.25, -0.2) is 0 Å². The minimum absolute atomic E-state index is 0.871. The summed E-state index contributed by atoms with van der Waals surface area (Å²) < 4.78 is 0. The third kappa shape index (κ3) is 13.8. The molecule has 1 aliphatic carbocycles. The molecule has 2 N–H and O–H groups in total. The molecule has 1 rings (SSSR count). The zero-order chi connectivity index (χ0) is 17.1. The van der Waals surface area contributed by atoms with Crippen molar-refractivity contribution in [2.45, 2.75) is 116 Å². The molecule has 0 aromatic carbocycles. The van der Waals surface area contributed by atoms with E-state index in [1.165, 1.54) is 116 Å². The average molecular weight is 334 g/mol. The van der Waals surface area contributed by atoms with E-state index in [-0.39, 0.29) is 0 Å². The second kappa shape index (κ2) is 17.3. The van der Waals surface area contributed by atoms with Gasteiger partial charge in [-0.1, -0.05) is 114 Å². The van der Waals surface area contributed by atoms with Crippen molar-refractivity contribution in [1.82, 2.24) is 0 Å². The molecule has 0 radical (unpaired) electrons. The molecule has 0 heterocycles. The lowest BCUT2D eigenvalue weighted by atomic mass is 10.0. The molecule has 140 valence electrons. The van der Waals surface area contributed by atoms with E-state index in [9.17, 15) is 0 Å². The standard InChI is InChI=1S/C23H43N/c24-22-18-14-12-10-8-6-4-2-1-3-5-7-9-11-13-15-19-23-20-16-17-21-23/h16-17,20H,1-15,18-19,21-22,24H2. The van der Waals surface area contributed by atoms with E-state index in [4.69, 9.17) is 5.73 Å². The summed E-state index contributed by atoms with van der Waals surface area (Å²) in [6.07, 6.45) is 32.1. The first kappa shape index (κ1) is 21.5. The van der Waals surface area contributed by atoms with Gasteiger partial charge >= 0.3 is 0 Å². The maximum Gasteiger partial charge on any atom is -0.00773 e. The van der Waals surface area contributed by atoms with Crippen molar-refractivity contribution in [3.8, 4) is 0 Å². The van der Waals surface area contributed by atoms with Crippen LogP contribution in [0, 0.1) is 0 Å². The molecule has 24 heavy (non-hydrogen) atoms. The van der Waals surface area contributed by atoms with Crippen molar-refractivity contribution in [1.29, 1.82) is 0 Å². The molecular formula is C23H43N. The molecular weight excluding hydrogens is 290 g/mol. The fourth-order valence-corrected chi connectivity index (χ4v) is 3.65. The number of allylic oxidation sites excluding steroid dienone is 4. The molecule has 0 fully saturated rings. The van der Waals surface area contributed by atoms with E-state index in [2.05, 4.69) is 18.2 Å². The van der Waals surface area contributed by atoms with Crippen LogP contribution in [0.3, 0.4) is 0 Å². The number of rotatable bonds is 18. The molecule has 0 unspecified atom stereocenters. The van der Waals surface area contributed by atoms with E-state index in [0.717, 1.165) is 6.54 Å². The molecule has 0 bridgehead atoms. The minimum Gasteiger partial charge on any atom is -0.330 e. The highest BCUT2D eigenvalue weighted by molar-refractivity contribution is 5.22. The lowest BCUT2D eigenvalue weighted by Crippen LogP contribution is -1.97. The van der Waals surface area contributed by atoms with Crippen molar-refractivity contribution >= 4 is 0 Å². The van der Waals surface area contributed by atoms with Crippen LogP contribution in [0.1, 0.15) is 116 Å². The second-order valence-electron chi connectivity index (χ2n) is 7.65. The summed E-state index contributed by atoms with van der Waals surface area (Å²) in [6, 6.07) is 0. The van der Waals surface area contributed by atoms with Crippen LogP contribution >= 0.6 is 0 Å². The summed E-state index contributed by atoms with van der Waals surface area (Å²) in [6.45, 7) is 0.871. The first-order valence-electron chi connectivity index (χ1n) is 11.0. The smallest absolute Gasteiger partial charge is 0.00773 e. The largest absolute Gasteiger partial charge is 0.330 e. The highest BCUT2D eigenvalue weighted by Crippen LogP contribution is 2.19. The molecule has 0 atom stereocenters. The molecule has 0 saturated carbocycles. The van der Waals surface area contributed by atoms with Crippen LogP contribution in [0.4, 0.5) is 0 Å². The van der Waals surface area contributed by atoms with Gasteiger partial charge in [-0.3, -0.25) is 0 Å². The predicted octanol–water partition coefficient (Wildman–Crippen LogP) is 7.46. The normalized spacial score (nSPS) is 13.6. The first-order valence-corrected chi connectivity index (χ1v) is 11.0. The number of nitrogens with two attached hydrogens (primary N) is 1. The van der Waals surface area contributed by atoms with Crippen molar-refractivity contribution in [3.63, 3.8) is 0 Å². The fourth-order valence-electron chi connectivity index (χ4n) is 3.65. The number of hydrogen-bond donors (Lipinski definition) is 1. The summed E-state index contributed by atoms with van der Waals surface area (Å²) in [7, 11) is 0. The molecule has 1 nitrogen and oxygen atoms in total. The first-order chi connectivity index (χ1) is 11.9. The van der Waals surface area contributed by atoms with Crippen molar-refractivity contribution in [3.05, 3.63) is 23.8 Å². The molecule has 0 spiro atoms. The van der Waals surface area contributed by atoms with Crippen molar-refractivity contribution in [2.24, 2.45) is 5.73 Å². The molecule has 0 aliphatic heterocycles. The van der Waals surface area contributed by atoms with E-state index < -0.39 is 0 Å². The van der Waals surface area contributed by atoms with Crippen LogP contribution in [0.5, 0.6) is 0 Å². The zero-order valence-electron chi connectivity index (χ0n) is 16.2. The molecule has 0 aromatic heterocycles. The minimum atomic E-state index is 0.871. The van der Waals surface area contributed by atoms with Gasteiger partial charge in [0.1, 0.15) is 0 Å². The van der Waals surface area contributed by atoms with Gasteiger partial charge in [0, 0.05) is 0 Å². The van der Waals surface area contributed by atoms with Gasteiger partial charge in [-0.2, -0.15) is 0 Å². The molecule has 1 heteroatoms. The van der Waals surface area contributed by atoms with Gasteiger partial charge in [0.25, 0.3) is 0 Å². The Morgan fingerprint density at radius 3 is 1.38 bits per heavy atom. The van der Waals surface area contributed by atoms with Gasteiger partial charge < -0.3 is 5.73 Å². The van der Waals surface area contributed by atoms with Gasteiger partial charge in [0.15, 0.2) is 0 Å². The van der Waals surface area contributed by atoms with E-state index >= 15 is 0 Å². The van der Waals surface area contributed by atoms with Gasteiger partial charge in [0.2, 0.25) is 0 Å². The summed E-state index contributed by atoms with van der Waals surface area (Å²) in [5, 5.41) is 0. The van der Waals surface area contributed by atoms with Gasteiger partial charge in [-0.05, 0) is 32.2 Å². The predicted molar refractivity (Wildman–Crippen MR) is 109 cm³/mol. The van der Waals surface area contributed by atoms with Crippen LogP contribution < -0.4 is 5.73 Å².